The van der Waals surface area contributed by atoms with Crippen LogP contribution in [0.3, 0.4) is 0 Å². The average Bonchev–Trinajstić information content (AvgIpc) is 2.24. The molecule has 0 N–H and O–H groups in total. The zero-order valence-corrected chi connectivity index (χ0v) is 9.86. The fraction of sp³-hybridized carbons (Fsp3) is 0.500. The lowest BCUT2D eigenvalue weighted by molar-refractivity contribution is -0.0948. The fourth-order valence-electron chi connectivity index (χ4n) is 1.91. The molecule has 2 heterocycles. The van der Waals surface area contributed by atoms with E-state index >= 15 is 0 Å². The van der Waals surface area contributed by atoms with Crippen molar-refractivity contribution in [2.45, 2.75) is 19.4 Å². The molecule has 4 heteroatoms. The molecule has 0 aromatic carbocycles. The normalized spacial score (nSPS) is 18.1. The van der Waals surface area contributed by atoms with Gasteiger partial charge in [0.25, 0.3) is 5.91 Å². The third-order valence-electron chi connectivity index (χ3n) is 3.07. The summed E-state index contributed by atoms with van der Waals surface area (Å²) in [6, 6.07) is 3.60. The molecule has 86 valence electrons. The molecule has 16 heavy (non-hydrogen) atoms. The highest BCUT2D eigenvalue weighted by molar-refractivity contribution is 5.95. The Morgan fingerprint density at radius 3 is 2.81 bits per heavy atom. The van der Waals surface area contributed by atoms with Gasteiger partial charge in [-0.25, -0.2) is 0 Å². The number of likely N-dealkylation sites (tertiary alicyclic amines) is 1. The van der Waals surface area contributed by atoms with Crippen molar-refractivity contribution in [1.29, 1.82) is 0 Å². The predicted molar refractivity (Wildman–Crippen MR) is 60.3 cm³/mol. The zero-order valence-electron chi connectivity index (χ0n) is 9.86. The molecule has 0 bridgehead atoms. The van der Waals surface area contributed by atoms with E-state index in [9.17, 15) is 4.79 Å². The molecule has 1 aliphatic heterocycles. The average molecular weight is 220 g/mol. The Hall–Kier alpha value is -1.42. The first-order valence-electron chi connectivity index (χ1n) is 5.32. The predicted octanol–water partition coefficient (Wildman–Crippen LogP) is 1.25. The van der Waals surface area contributed by atoms with Crippen LogP contribution in [-0.4, -0.2) is 41.6 Å². The number of hydrogen-bond acceptors (Lipinski definition) is 3. The van der Waals surface area contributed by atoms with Crippen LogP contribution >= 0.6 is 0 Å². The van der Waals surface area contributed by atoms with E-state index in [1.807, 2.05) is 19.9 Å². The smallest absolute Gasteiger partial charge is 0.255 e. The van der Waals surface area contributed by atoms with Gasteiger partial charge in [-0.1, -0.05) is 0 Å². The minimum atomic E-state index is -0.175. The second-order valence-corrected chi connectivity index (χ2v) is 4.45. The third kappa shape index (κ3) is 1.80. The Kier molecular flexibility index (Phi) is 2.68. The number of ether oxygens (including phenoxy) is 1. The first-order chi connectivity index (χ1) is 7.56. The van der Waals surface area contributed by atoms with Crippen LogP contribution in [0.1, 0.15) is 23.0 Å². The van der Waals surface area contributed by atoms with Gasteiger partial charge < -0.3 is 9.64 Å². The molecule has 1 saturated heterocycles. The largest absolute Gasteiger partial charge is 0.375 e. The van der Waals surface area contributed by atoms with Crippen molar-refractivity contribution < 1.29 is 9.53 Å². The summed E-state index contributed by atoms with van der Waals surface area (Å²) in [6.45, 7) is 5.16. The molecule has 0 spiro atoms. The molecule has 4 nitrogen and oxygen atoms in total. The van der Waals surface area contributed by atoms with Crippen molar-refractivity contribution in [2.75, 3.05) is 20.2 Å². The summed E-state index contributed by atoms with van der Waals surface area (Å²) in [5.41, 5.74) is 1.28. The molecular weight excluding hydrogens is 204 g/mol. The molecule has 1 amide bonds. The standard InChI is InChI=1S/C12H16N2O2/c1-9-10(5-4-6-13-9)11(15)14-7-12(2,8-14)16-3/h4-6H,7-8H2,1-3H3. The molecule has 1 aliphatic rings. The summed E-state index contributed by atoms with van der Waals surface area (Å²) in [7, 11) is 1.68. The summed E-state index contributed by atoms with van der Waals surface area (Å²) in [6.07, 6.45) is 1.70. The quantitative estimate of drug-likeness (QED) is 0.753. The number of pyridine rings is 1. The van der Waals surface area contributed by atoms with E-state index in [1.165, 1.54) is 0 Å². The van der Waals surface area contributed by atoms with Gasteiger partial charge in [-0.3, -0.25) is 9.78 Å². The van der Waals surface area contributed by atoms with E-state index in [0.29, 0.717) is 18.7 Å². The topological polar surface area (TPSA) is 42.4 Å². The molecule has 0 unspecified atom stereocenters. The SMILES string of the molecule is COC1(C)CN(C(=O)c2cccnc2C)C1. The minimum Gasteiger partial charge on any atom is -0.375 e. The van der Waals surface area contributed by atoms with Gasteiger partial charge >= 0.3 is 0 Å². The monoisotopic (exact) mass is 220 g/mol. The van der Waals surface area contributed by atoms with Crippen molar-refractivity contribution in [3.05, 3.63) is 29.6 Å². The zero-order chi connectivity index (χ0) is 11.8. The molecule has 0 radical (unpaired) electrons. The van der Waals surface area contributed by atoms with E-state index in [2.05, 4.69) is 4.98 Å². The number of rotatable bonds is 2. The Morgan fingerprint density at radius 1 is 1.56 bits per heavy atom. The molecule has 1 fully saturated rings. The lowest BCUT2D eigenvalue weighted by atomic mass is 9.95. The van der Waals surface area contributed by atoms with Gasteiger partial charge in [-0.05, 0) is 26.0 Å². The molecule has 1 aromatic rings. The number of aromatic nitrogens is 1. The van der Waals surface area contributed by atoms with Crippen molar-refractivity contribution >= 4 is 5.91 Å². The number of nitrogens with zero attached hydrogens (tertiary/aromatic N) is 2. The maximum absolute atomic E-state index is 12.1. The Morgan fingerprint density at radius 2 is 2.25 bits per heavy atom. The van der Waals surface area contributed by atoms with Crippen molar-refractivity contribution in [3.8, 4) is 0 Å². The maximum Gasteiger partial charge on any atom is 0.255 e. The van der Waals surface area contributed by atoms with Crippen molar-refractivity contribution in [2.24, 2.45) is 0 Å². The van der Waals surface area contributed by atoms with E-state index in [0.717, 1.165) is 5.69 Å². The summed E-state index contributed by atoms with van der Waals surface area (Å²) >= 11 is 0. The van der Waals surface area contributed by atoms with Crippen molar-refractivity contribution in [1.82, 2.24) is 9.88 Å². The van der Waals surface area contributed by atoms with Gasteiger partial charge in [0.15, 0.2) is 0 Å². The van der Waals surface area contributed by atoms with E-state index < -0.39 is 0 Å². The summed E-state index contributed by atoms with van der Waals surface area (Å²) in [4.78, 5) is 18.0. The number of carbonyl (C=O) groups is 1. The van der Waals surface area contributed by atoms with E-state index in [4.69, 9.17) is 4.74 Å². The van der Waals surface area contributed by atoms with E-state index in [1.54, 1.807) is 24.3 Å². The molecule has 1 aromatic heterocycles. The second-order valence-electron chi connectivity index (χ2n) is 4.45. The van der Waals surface area contributed by atoms with Gasteiger partial charge in [-0.2, -0.15) is 0 Å². The van der Waals surface area contributed by atoms with Gasteiger partial charge in [0, 0.05) is 19.0 Å². The highest BCUT2D eigenvalue weighted by Crippen LogP contribution is 2.25. The van der Waals surface area contributed by atoms with Crippen LogP contribution in [0.2, 0.25) is 0 Å². The second kappa shape index (κ2) is 3.87. The molecule has 0 atom stereocenters. The molecule has 2 rings (SSSR count). The lowest BCUT2D eigenvalue weighted by Gasteiger charge is -2.46. The maximum atomic E-state index is 12.1. The molecule has 0 saturated carbocycles. The van der Waals surface area contributed by atoms with Gasteiger partial charge in [0.05, 0.1) is 18.7 Å². The highest BCUT2D eigenvalue weighted by Gasteiger charge is 2.41. The first kappa shape index (κ1) is 11.1. The number of methoxy groups -OCH3 is 1. The van der Waals surface area contributed by atoms with Crippen LogP contribution in [0.4, 0.5) is 0 Å². The van der Waals surface area contributed by atoms with Gasteiger partial charge in [-0.15, -0.1) is 0 Å². The van der Waals surface area contributed by atoms with Crippen LogP contribution in [-0.2, 0) is 4.74 Å². The van der Waals surface area contributed by atoms with E-state index in [-0.39, 0.29) is 11.5 Å². The Bertz CT molecular complexity index is 411. The van der Waals surface area contributed by atoms with Gasteiger partial charge in [0.1, 0.15) is 5.60 Å². The number of carbonyl (C=O) groups excluding carboxylic acids is 1. The van der Waals surface area contributed by atoms with Crippen molar-refractivity contribution in [3.63, 3.8) is 0 Å². The summed E-state index contributed by atoms with van der Waals surface area (Å²) in [5.74, 6) is 0.0418. The van der Waals surface area contributed by atoms with Crippen LogP contribution < -0.4 is 0 Å². The van der Waals surface area contributed by atoms with Crippen LogP contribution in [0.15, 0.2) is 18.3 Å². The van der Waals surface area contributed by atoms with Crippen LogP contribution in [0, 0.1) is 6.92 Å². The molecule has 0 aliphatic carbocycles. The number of hydrogen-bond donors (Lipinski definition) is 0. The number of aryl methyl sites for hydroxylation is 1. The minimum absolute atomic E-state index is 0.0418. The summed E-state index contributed by atoms with van der Waals surface area (Å²) in [5, 5.41) is 0. The highest BCUT2D eigenvalue weighted by atomic mass is 16.5. The first-order valence-corrected chi connectivity index (χ1v) is 5.32. The summed E-state index contributed by atoms with van der Waals surface area (Å²) < 4.78 is 5.31. The Balaban J connectivity index is 2.09. The third-order valence-corrected chi connectivity index (χ3v) is 3.07. The molecular formula is C12H16N2O2. The number of amides is 1. The lowest BCUT2D eigenvalue weighted by Crippen LogP contribution is -2.62. The van der Waals surface area contributed by atoms with Crippen LogP contribution in [0.25, 0.3) is 0 Å². The van der Waals surface area contributed by atoms with Crippen LogP contribution in [0.5, 0.6) is 0 Å². The Labute approximate surface area is 95.2 Å². The van der Waals surface area contributed by atoms with Gasteiger partial charge in [0.2, 0.25) is 0 Å². The fourth-order valence-corrected chi connectivity index (χ4v) is 1.91.